The van der Waals surface area contributed by atoms with Crippen LogP contribution in [0.1, 0.15) is 15.9 Å². The molecule has 1 heterocycles. The molecule has 24 heavy (non-hydrogen) atoms. The van der Waals surface area contributed by atoms with E-state index in [2.05, 4.69) is 4.98 Å². The predicted molar refractivity (Wildman–Crippen MR) is 87.5 cm³/mol. The van der Waals surface area contributed by atoms with Gasteiger partial charge in [0.25, 0.3) is 0 Å². The molecule has 1 aromatic heterocycles. The Morgan fingerprint density at radius 1 is 1.04 bits per heavy atom. The number of ketones is 1. The van der Waals surface area contributed by atoms with Gasteiger partial charge in [0, 0.05) is 17.8 Å². The van der Waals surface area contributed by atoms with E-state index in [9.17, 15) is 14.0 Å². The summed E-state index contributed by atoms with van der Waals surface area (Å²) < 4.78 is 23.4. The summed E-state index contributed by atoms with van der Waals surface area (Å²) in [6, 6.07) is 8.19. The van der Waals surface area contributed by atoms with Gasteiger partial charge < -0.3 is 14.5 Å². The van der Waals surface area contributed by atoms with Crippen molar-refractivity contribution in [1.82, 2.24) is 4.98 Å². The normalized spacial score (nSPS) is 10.6. The van der Waals surface area contributed by atoms with Crippen LogP contribution in [-0.2, 0) is 0 Å². The minimum atomic E-state index is -0.479. The van der Waals surface area contributed by atoms with E-state index in [4.69, 9.17) is 9.47 Å². The maximum Gasteiger partial charge on any atom is 0.200 e. The van der Waals surface area contributed by atoms with Crippen LogP contribution in [0.5, 0.6) is 11.5 Å². The molecule has 0 bridgehead atoms. The van der Waals surface area contributed by atoms with Gasteiger partial charge in [-0.2, -0.15) is 0 Å². The third-order valence-corrected chi connectivity index (χ3v) is 3.74. The molecule has 0 atom stereocenters. The fourth-order valence-corrected chi connectivity index (χ4v) is 2.47. The Bertz CT molecular complexity index is 977. The van der Waals surface area contributed by atoms with Gasteiger partial charge in [-0.3, -0.25) is 9.59 Å². The molecule has 0 unspecified atom stereocenters. The first-order chi connectivity index (χ1) is 11.5. The van der Waals surface area contributed by atoms with Gasteiger partial charge in [-0.25, -0.2) is 4.39 Å². The van der Waals surface area contributed by atoms with E-state index in [0.717, 1.165) is 0 Å². The molecule has 0 fully saturated rings. The summed E-state index contributed by atoms with van der Waals surface area (Å²) in [5.41, 5.74) is 0.301. The van der Waals surface area contributed by atoms with Crippen molar-refractivity contribution in [3.63, 3.8) is 0 Å². The standard InChI is InChI=1S/C18H14FNO4/c1-23-15-7-12-14(8-16(15)24-2)20-9-13(18(12)22)17(21)10-3-5-11(19)6-4-10/h3-9H,1-2H3,(H,20,22). The average Bonchev–Trinajstić information content (AvgIpc) is 2.61. The lowest BCUT2D eigenvalue weighted by Crippen LogP contribution is -2.17. The van der Waals surface area contributed by atoms with Crippen molar-refractivity contribution in [2.45, 2.75) is 0 Å². The molecule has 122 valence electrons. The van der Waals surface area contributed by atoms with Gasteiger partial charge in [0.2, 0.25) is 5.43 Å². The van der Waals surface area contributed by atoms with E-state index in [1.54, 1.807) is 6.07 Å². The smallest absolute Gasteiger partial charge is 0.200 e. The third kappa shape index (κ3) is 2.62. The Kier molecular flexibility index (Phi) is 4.04. The first-order valence-electron chi connectivity index (χ1n) is 7.13. The number of benzene rings is 2. The lowest BCUT2D eigenvalue weighted by molar-refractivity contribution is 0.103. The number of carbonyl (C=O) groups excluding carboxylic acids is 1. The molecule has 1 N–H and O–H groups in total. The van der Waals surface area contributed by atoms with Crippen molar-refractivity contribution in [2.24, 2.45) is 0 Å². The molecule has 3 rings (SSSR count). The molecule has 0 aliphatic rings. The second kappa shape index (κ2) is 6.16. The topological polar surface area (TPSA) is 68.4 Å². The summed E-state index contributed by atoms with van der Waals surface area (Å²) >= 11 is 0. The highest BCUT2D eigenvalue weighted by atomic mass is 19.1. The number of H-pyrrole nitrogens is 1. The number of rotatable bonds is 4. The van der Waals surface area contributed by atoms with Gasteiger partial charge in [-0.15, -0.1) is 0 Å². The maximum absolute atomic E-state index is 13.0. The van der Waals surface area contributed by atoms with Crippen LogP contribution < -0.4 is 14.9 Å². The van der Waals surface area contributed by atoms with E-state index in [0.29, 0.717) is 22.4 Å². The number of fused-ring (bicyclic) bond motifs is 1. The molecule has 0 saturated carbocycles. The molecule has 0 amide bonds. The van der Waals surface area contributed by atoms with Gasteiger partial charge in [-0.05, 0) is 30.3 Å². The number of aromatic amines is 1. The van der Waals surface area contributed by atoms with E-state index in [-0.39, 0.29) is 11.1 Å². The van der Waals surface area contributed by atoms with Crippen LogP contribution >= 0.6 is 0 Å². The number of carbonyl (C=O) groups is 1. The minimum Gasteiger partial charge on any atom is -0.493 e. The Hall–Kier alpha value is -3.15. The van der Waals surface area contributed by atoms with Crippen molar-refractivity contribution in [3.05, 3.63) is 69.8 Å². The minimum absolute atomic E-state index is 0.0265. The fourth-order valence-electron chi connectivity index (χ4n) is 2.47. The van der Waals surface area contributed by atoms with Crippen LogP contribution in [0.25, 0.3) is 10.9 Å². The molecule has 5 nitrogen and oxygen atoms in total. The molecule has 3 aromatic rings. The average molecular weight is 327 g/mol. The number of hydrogen-bond acceptors (Lipinski definition) is 4. The van der Waals surface area contributed by atoms with Crippen molar-refractivity contribution in [3.8, 4) is 11.5 Å². The Balaban J connectivity index is 2.16. The molecule has 6 heteroatoms. The number of aromatic nitrogens is 1. The number of halogens is 1. The van der Waals surface area contributed by atoms with Gasteiger partial charge in [0.05, 0.1) is 30.7 Å². The first-order valence-corrected chi connectivity index (χ1v) is 7.13. The summed E-state index contributed by atoms with van der Waals surface area (Å²) in [5.74, 6) is -0.0659. The third-order valence-electron chi connectivity index (χ3n) is 3.74. The molecule has 0 radical (unpaired) electrons. The molecule has 0 aliphatic heterocycles. The second-order valence-corrected chi connectivity index (χ2v) is 5.12. The van der Waals surface area contributed by atoms with Crippen molar-refractivity contribution in [2.75, 3.05) is 14.2 Å². The van der Waals surface area contributed by atoms with Crippen molar-refractivity contribution >= 4 is 16.7 Å². The lowest BCUT2D eigenvalue weighted by Gasteiger charge is -2.09. The van der Waals surface area contributed by atoms with E-state index < -0.39 is 17.0 Å². The highest BCUT2D eigenvalue weighted by Gasteiger charge is 2.17. The molecule has 0 aliphatic carbocycles. The number of methoxy groups -OCH3 is 2. The quantitative estimate of drug-likeness (QED) is 0.748. The Labute approximate surface area is 136 Å². The van der Waals surface area contributed by atoms with Crippen LogP contribution in [0.3, 0.4) is 0 Å². The number of hydrogen-bond donors (Lipinski definition) is 1. The fraction of sp³-hybridized carbons (Fsp3) is 0.111. The highest BCUT2D eigenvalue weighted by molar-refractivity contribution is 6.10. The van der Waals surface area contributed by atoms with Crippen LogP contribution in [0.15, 0.2) is 47.4 Å². The monoisotopic (exact) mass is 327 g/mol. The zero-order valence-electron chi connectivity index (χ0n) is 13.1. The zero-order chi connectivity index (χ0) is 17.3. The van der Waals surface area contributed by atoms with Crippen LogP contribution in [0, 0.1) is 5.82 Å². The van der Waals surface area contributed by atoms with Gasteiger partial charge in [0.15, 0.2) is 17.3 Å². The maximum atomic E-state index is 13.0. The molecule has 2 aromatic carbocycles. The zero-order valence-corrected chi connectivity index (χ0v) is 13.1. The van der Waals surface area contributed by atoms with Gasteiger partial charge >= 0.3 is 0 Å². The van der Waals surface area contributed by atoms with E-state index in [1.807, 2.05) is 0 Å². The number of nitrogens with one attached hydrogen (secondary N) is 1. The Morgan fingerprint density at radius 3 is 2.29 bits per heavy atom. The molecule has 0 saturated heterocycles. The summed E-state index contributed by atoms with van der Waals surface area (Å²) in [6.07, 6.45) is 1.35. The summed E-state index contributed by atoms with van der Waals surface area (Å²) in [4.78, 5) is 28.1. The van der Waals surface area contributed by atoms with Gasteiger partial charge in [0.1, 0.15) is 5.82 Å². The first kappa shape index (κ1) is 15.7. The number of pyridine rings is 1. The highest BCUT2D eigenvalue weighted by Crippen LogP contribution is 2.30. The Morgan fingerprint density at radius 2 is 1.67 bits per heavy atom. The van der Waals surface area contributed by atoms with Crippen LogP contribution in [-0.4, -0.2) is 25.0 Å². The SMILES string of the molecule is COc1cc2[nH]cc(C(=O)c3ccc(F)cc3)c(=O)c2cc1OC. The summed E-state index contributed by atoms with van der Waals surface area (Å²) in [7, 11) is 2.96. The van der Waals surface area contributed by atoms with E-state index >= 15 is 0 Å². The molecular weight excluding hydrogens is 313 g/mol. The van der Waals surface area contributed by atoms with Crippen molar-refractivity contribution in [1.29, 1.82) is 0 Å². The van der Waals surface area contributed by atoms with Crippen LogP contribution in [0.2, 0.25) is 0 Å². The molecule has 0 spiro atoms. The molecular formula is C18H14FNO4. The summed E-state index contributed by atoms with van der Waals surface area (Å²) in [6.45, 7) is 0. The second-order valence-electron chi connectivity index (χ2n) is 5.12. The van der Waals surface area contributed by atoms with Crippen LogP contribution in [0.4, 0.5) is 4.39 Å². The van der Waals surface area contributed by atoms with Gasteiger partial charge in [-0.1, -0.05) is 0 Å². The largest absolute Gasteiger partial charge is 0.493 e. The predicted octanol–water partition coefficient (Wildman–Crippen LogP) is 2.92. The summed E-state index contributed by atoms with van der Waals surface area (Å²) in [5, 5.41) is 0.306. The number of ether oxygens (including phenoxy) is 2. The van der Waals surface area contributed by atoms with E-state index in [1.165, 1.54) is 50.7 Å². The lowest BCUT2D eigenvalue weighted by atomic mass is 10.0. The van der Waals surface area contributed by atoms with Crippen molar-refractivity contribution < 1.29 is 18.7 Å².